The van der Waals surface area contributed by atoms with Gasteiger partial charge < -0.3 is 10.1 Å². The van der Waals surface area contributed by atoms with E-state index < -0.39 is 51.5 Å². The summed E-state index contributed by atoms with van der Waals surface area (Å²) in [6, 6.07) is 6.59. The maximum absolute atomic E-state index is 14.0. The fourth-order valence-electron chi connectivity index (χ4n) is 2.63. The summed E-state index contributed by atoms with van der Waals surface area (Å²) in [6.07, 6.45) is -5.71. The molecule has 0 saturated heterocycles. The zero-order chi connectivity index (χ0) is 24.5. The lowest BCUT2D eigenvalue weighted by atomic mass is 10.1. The van der Waals surface area contributed by atoms with Crippen molar-refractivity contribution in [1.29, 1.82) is 0 Å². The number of rotatable bonds is 6. The van der Waals surface area contributed by atoms with E-state index in [0.717, 1.165) is 6.07 Å². The highest BCUT2D eigenvalue weighted by atomic mass is 32.1. The fraction of sp³-hybridized carbons (Fsp3) is 0.105. The number of benzene rings is 2. The molecule has 6 nitrogen and oxygen atoms in total. The van der Waals surface area contributed by atoms with Crippen molar-refractivity contribution in [3.05, 3.63) is 85.1 Å². The van der Waals surface area contributed by atoms with Gasteiger partial charge >= 0.3 is 11.9 Å². The van der Waals surface area contributed by atoms with E-state index in [-0.39, 0.29) is 22.9 Å². The first kappa shape index (κ1) is 24.0. The summed E-state index contributed by atoms with van der Waals surface area (Å²) in [5.74, 6) is -11.6. The molecule has 3 rings (SSSR count). The molecule has 0 aliphatic heterocycles. The molecule has 1 amide bonds. The Morgan fingerprint density at radius 3 is 2.24 bits per heavy atom. The minimum atomic E-state index is -5.71. The van der Waals surface area contributed by atoms with E-state index in [1.165, 1.54) is 35.0 Å². The van der Waals surface area contributed by atoms with Crippen LogP contribution in [0, 0.1) is 33.4 Å². The van der Waals surface area contributed by atoms with Crippen LogP contribution in [0.25, 0.3) is 0 Å². The first-order valence-corrected chi connectivity index (χ1v) is 9.47. The maximum Gasteiger partial charge on any atom is 0.422 e. The highest BCUT2D eigenvalue weighted by Gasteiger charge is 2.42. The fourth-order valence-corrected chi connectivity index (χ4v) is 3.42. The van der Waals surface area contributed by atoms with Crippen molar-refractivity contribution < 1.29 is 45.2 Å². The highest BCUT2D eigenvalue weighted by Crippen LogP contribution is 2.38. The summed E-state index contributed by atoms with van der Waals surface area (Å²) in [4.78, 5) is 22.3. The van der Waals surface area contributed by atoms with E-state index >= 15 is 0 Å². The van der Waals surface area contributed by atoms with Crippen molar-refractivity contribution in [1.82, 2.24) is 0 Å². The number of halogens is 7. The first-order valence-electron chi connectivity index (χ1n) is 8.60. The van der Waals surface area contributed by atoms with Crippen LogP contribution in [0.15, 0.2) is 35.7 Å². The molecule has 0 aliphatic rings. The molecular formula is C19H9F7N2O4S. The zero-order valence-corrected chi connectivity index (χ0v) is 16.6. The maximum atomic E-state index is 14.0. The summed E-state index contributed by atoms with van der Waals surface area (Å²) in [5.41, 5.74) is -4.51. The first-order chi connectivity index (χ1) is 15.4. The third-order valence-corrected chi connectivity index (χ3v) is 5.10. The standard InChI is InChI=1S/C19H9F7N2O4S/c20-13-12(19(24,25)26)14(21)16(23)17(15(13)22)27-18(29)11-5-8(7-33-11)6-32-10-4-2-1-3-9(10)28(30)31/h1-5,7H,6H2,(H,27,29). The number of ether oxygens (including phenoxy) is 1. The Balaban J connectivity index is 1.79. The van der Waals surface area contributed by atoms with Crippen LogP contribution in [-0.4, -0.2) is 10.8 Å². The Hall–Kier alpha value is -3.68. The summed E-state index contributed by atoms with van der Waals surface area (Å²) >= 11 is 0.712. The van der Waals surface area contributed by atoms with Gasteiger partial charge in [-0.1, -0.05) is 12.1 Å². The van der Waals surface area contributed by atoms with Crippen LogP contribution in [0.5, 0.6) is 5.75 Å². The van der Waals surface area contributed by atoms with Crippen LogP contribution in [0.1, 0.15) is 20.8 Å². The quantitative estimate of drug-likeness (QED) is 0.195. The van der Waals surface area contributed by atoms with Gasteiger partial charge in [-0.15, -0.1) is 11.3 Å². The van der Waals surface area contributed by atoms with Gasteiger partial charge in [0.05, 0.1) is 9.80 Å². The number of amides is 1. The monoisotopic (exact) mass is 494 g/mol. The Morgan fingerprint density at radius 2 is 1.67 bits per heavy atom. The number of hydrogen-bond donors (Lipinski definition) is 1. The molecule has 0 fully saturated rings. The van der Waals surface area contributed by atoms with Crippen molar-refractivity contribution in [2.45, 2.75) is 12.8 Å². The number of carbonyl (C=O) groups excluding carboxylic acids is 1. The number of nitrogens with zero attached hydrogens (tertiary/aromatic N) is 1. The second kappa shape index (κ2) is 9.05. The van der Waals surface area contributed by atoms with E-state index in [9.17, 15) is 45.6 Å². The molecule has 174 valence electrons. The molecule has 0 unspecified atom stereocenters. The lowest BCUT2D eigenvalue weighted by molar-refractivity contribution is -0.385. The van der Waals surface area contributed by atoms with Gasteiger partial charge in [0.25, 0.3) is 5.91 Å². The number of para-hydroxylation sites is 2. The third kappa shape index (κ3) is 4.89. The molecule has 3 aromatic rings. The summed E-state index contributed by atoms with van der Waals surface area (Å²) < 4.78 is 98.6. The number of nitro groups is 1. The summed E-state index contributed by atoms with van der Waals surface area (Å²) in [6.45, 7) is -0.249. The van der Waals surface area contributed by atoms with Gasteiger partial charge in [0.1, 0.15) is 17.9 Å². The second-order valence-electron chi connectivity index (χ2n) is 6.29. The molecule has 2 aromatic carbocycles. The molecule has 0 aliphatic carbocycles. The van der Waals surface area contributed by atoms with Crippen LogP contribution in [0.3, 0.4) is 0 Å². The largest absolute Gasteiger partial charge is 0.482 e. The lowest BCUT2D eigenvalue weighted by Crippen LogP contribution is -2.19. The van der Waals surface area contributed by atoms with E-state index in [1.54, 1.807) is 0 Å². The number of anilines is 1. The number of alkyl halides is 3. The van der Waals surface area contributed by atoms with Crippen LogP contribution < -0.4 is 10.1 Å². The Bertz CT molecular complexity index is 1210. The number of nitrogens with one attached hydrogen (secondary N) is 1. The van der Waals surface area contributed by atoms with Crippen molar-refractivity contribution >= 4 is 28.6 Å². The summed E-state index contributed by atoms with van der Waals surface area (Å²) in [5, 5.41) is 13.8. The number of thiophene rings is 1. The number of nitro benzene ring substituents is 1. The molecule has 0 bridgehead atoms. The Labute approximate surface area is 183 Å². The molecule has 0 radical (unpaired) electrons. The molecule has 0 atom stereocenters. The van der Waals surface area contributed by atoms with Crippen LogP contribution in [0.2, 0.25) is 0 Å². The number of carbonyl (C=O) groups is 1. The molecular weight excluding hydrogens is 485 g/mol. The predicted molar refractivity (Wildman–Crippen MR) is 101 cm³/mol. The minimum Gasteiger partial charge on any atom is -0.482 e. The number of hydrogen-bond acceptors (Lipinski definition) is 5. The van der Waals surface area contributed by atoms with E-state index in [0.29, 0.717) is 16.9 Å². The molecule has 33 heavy (non-hydrogen) atoms. The van der Waals surface area contributed by atoms with Gasteiger partial charge in [-0.3, -0.25) is 14.9 Å². The van der Waals surface area contributed by atoms with Crippen molar-refractivity contribution in [3.8, 4) is 5.75 Å². The van der Waals surface area contributed by atoms with Crippen molar-refractivity contribution in [2.24, 2.45) is 0 Å². The smallest absolute Gasteiger partial charge is 0.422 e. The molecule has 1 aromatic heterocycles. The average molecular weight is 494 g/mol. The molecule has 1 heterocycles. The molecule has 0 saturated carbocycles. The van der Waals surface area contributed by atoms with Crippen LogP contribution in [-0.2, 0) is 12.8 Å². The van der Waals surface area contributed by atoms with Gasteiger partial charge in [-0.25, -0.2) is 17.6 Å². The Morgan fingerprint density at radius 1 is 1.06 bits per heavy atom. The predicted octanol–water partition coefficient (Wildman–Crippen LogP) is 6.06. The van der Waals surface area contributed by atoms with Crippen LogP contribution in [0.4, 0.5) is 42.1 Å². The van der Waals surface area contributed by atoms with Gasteiger partial charge in [-0.2, -0.15) is 13.2 Å². The zero-order valence-electron chi connectivity index (χ0n) is 15.8. The average Bonchev–Trinajstić information content (AvgIpc) is 3.22. The summed E-state index contributed by atoms with van der Waals surface area (Å²) in [7, 11) is 0. The van der Waals surface area contributed by atoms with Gasteiger partial charge in [0.15, 0.2) is 29.0 Å². The highest BCUT2D eigenvalue weighted by molar-refractivity contribution is 7.12. The van der Waals surface area contributed by atoms with Crippen molar-refractivity contribution in [3.63, 3.8) is 0 Å². The molecule has 1 N–H and O–H groups in total. The van der Waals surface area contributed by atoms with Gasteiger partial charge in [0.2, 0.25) is 0 Å². The normalized spacial score (nSPS) is 11.4. The Kier molecular flexibility index (Phi) is 6.58. The van der Waals surface area contributed by atoms with E-state index in [1.807, 2.05) is 0 Å². The van der Waals surface area contributed by atoms with E-state index in [4.69, 9.17) is 4.74 Å². The third-order valence-electron chi connectivity index (χ3n) is 4.12. The second-order valence-corrected chi connectivity index (χ2v) is 7.20. The molecule has 0 spiro atoms. The van der Waals surface area contributed by atoms with E-state index in [2.05, 4.69) is 0 Å². The molecule has 14 heteroatoms. The van der Waals surface area contributed by atoms with Crippen LogP contribution >= 0.6 is 11.3 Å². The topological polar surface area (TPSA) is 81.5 Å². The lowest BCUT2D eigenvalue weighted by Gasteiger charge is -2.14. The van der Waals surface area contributed by atoms with Crippen molar-refractivity contribution in [2.75, 3.05) is 5.32 Å². The SMILES string of the molecule is O=C(Nc1c(F)c(F)c(C(F)(F)F)c(F)c1F)c1cc(COc2ccccc2[N+](=O)[O-])cs1. The van der Waals surface area contributed by atoms with Gasteiger partial charge in [0, 0.05) is 11.6 Å². The minimum absolute atomic E-state index is 0.0699. The van der Waals surface area contributed by atoms with Gasteiger partial charge in [-0.05, 0) is 17.5 Å².